The molecule has 30 heavy (non-hydrogen) atoms. The molecule has 0 atom stereocenters. The summed E-state index contributed by atoms with van der Waals surface area (Å²) in [5.41, 5.74) is 1.39. The number of rotatable bonds is 6. The summed E-state index contributed by atoms with van der Waals surface area (Å²) in [6.07, 6.45) is 1.65. The fourth-order valence-corrected chi connectivity index (χ4v) is 4.44. The number of nitrogens with one attached hydrogen (secondary N) is 1. The number of aromatic nitrogens is 1. The van der Waals surface area contributed by atoms with Gasteiger partial charge in [-0.3, -0.25) is 9.78 Å². The zero-order valence-corrected chi connectivity index (χ0v) is 17.9. The highest BCUT2D eigenvalue weighted by Crippen LogP contribution is 2.36. The third kappa shape index (κ3) is 4.08. The first-order valence-corrected chi connectivity index (χ1v) is 10.5. The van der Waals surface area contributed by atoms with Gasteiger partial charge in [-0.15, -0.1) is 11.3 Å². The number of carbonyl (C=O) groups excluding carboxylic acids is 1. The highest BCUT2D eigenvalue weighted by atomic mass is 32.1. The lowest BCUT2D eigenvalue weighted by atomic mass is 10.1. The number of phenolic OH excluding ortho intramolecular Hbond substituents is 1. The van der Waals surface area contributed by atoms with Crippen molar-refractivity contribution in [3.63, 3.8) is 0 Å². The van der Waals surface area contributed by atoms with Gasteiger partial charge in [0.2, 0.25) is 0 Å². The van der Waals surface area contributed by atoms with Crippen molar-refractivity contribution >= 4 is 38.2 Å². The Bertz CT molecular complexity index is 1230. The van der Waals surface area contributed by atoms with Crippen LogP contribution in [0.4, 0.5) is 0 Å². The molecule has 0 spiro atoms. The maximum atomic E-state index is 12.7. The van der Waals surface area contributed by atoms with Crippen molar-refractivity contribution in [1.82, 2.24) is 15.2 Å². The Kier molecular flexibility index (Phi) is 5.57. The van der Waals surface area contributed by atoms with E-state index in [9.17, 15) is 9.90 Å². The van der Waals surface area contributed by atoms with Crippen LogP contribution in [0.2, 0.25) is 0 Å². The molecule has 0 saturated carbocycles. The number of ether oxygens (including phenoxy) is 1. The average Bonchev–Trinajstić information content (AvgIpc) is 3.02. The molecule has 1 amide bonds. The summed E-state index contributed by atoms with van der Waals surface area (Å²) in [5.74, 6) is 1.46. The average molecular weight is 422 g/mol. The summed E-state index contributed by atoms with van der Waals surface area (Å²) in [6, 6.07) is 12.6. The Morgan fingerprint density at radius 2 is 1.97 bits per heavy atom. The van der Waals surface area contributed by atoms with Gasteiger partial charge in [0, 0.05) is 45.7 Å². The van der Waals surface area contributed by atoms with E-state index < -0.39 is 0 Å². The minimum atomic E-state index is -0.0470. The number of benzene rings is 2. The molecule has 2 N–H and O–H groups in total. The highest BCUT2D eigenvalue weighted by molar-refractivity contribution is 7.19. The first-order valence-electron chi connectivity index (χ1n) is 9.64. The number of carbonyl (C=O) groups is 1. The van der Waals surface area contributed by atoms with Crippen molar-refractivity contribution in [3.8, 4) is 17.2 Å². The van der Waals surface area contributed by atoms with Gasteiger partial charge >= 0.3 is 0 Å². The van der Waals surface area contributed by atoms with Gasteiger partial charge in [-0.1, -0.05) is 0 Å². The number of likely N-dealkylation sites (N-methyl/N-ethyl adjacent to an activating group) is 1. The number of hydrogen-bond donors (Lipinski definition) is 2. The third-order valence-corrected chi connectivity index (χ3v) is 5.89. The second kappa shape index (κ2) is 8.30. The lowest BCUT2D eigenvalue weighted by molar-refractivity contribution is 0.0952. The number of thiophene rings is 1. The van der Waals surface area contributed by atoms with E-state index >= 15 is 0 Å². The van der Waals surface area contributed by atoms with Crippen molar-refractivity contribution in [3.05, 3.63) is 59.1 Å². The monoisotopic (exact) mass is 421 g/mol. The van der Waals surface area contributed by atoms with E-state index in [1.165, 1.54) is 0 Å². The Hall–Kier alpha value is -3.16. The van der Waals surface area contributed by atoms with Gasteiger partial charge < -0.3 is 20.1 Å². The number of nitrogens with zero attached hydrogens (tertiary/aromatic N) is 2. The van der Waals surface area contributed by atoms with Crippen LogP contribution in [-0.2, 0) is 0 Å². The molecular formula is C23H23N3O3S. The van der Waals surface area contributed by atoms with Crippen LogP contribution in [0.3, 0.4) is 0 Å². The number of fused-ring (bicyclic) bond motifs is 2. The van der Waals surface area contributed by atoms with E-state index in [0.29, 0.717) is 23.6 Å². The molecule has 0 saturated heterocycles. The van der Waals surface area contributed by atoms with Crippen molar-refractivity contribution in [1.29, 1.82) is 0 Å². The molecule has 4 rings (SSSR count). The Balaban J connectivity index is 1.61. The topological polar surface area (TPSA) is 74.7 Å². The number of amides is 1. The molecule has 0 radical (unpaired) electrons. The Morgan fingerprint density at radius 1 is 1.17 bits per heavy atom. The summed E-state index contributed by atoms with van der Waals surface area (Å²) < 4.78 is 7.12. The molecule has 154 valence electrons. The van der Waals surface area contributed by atoms with Gasteiger partial charge in [0.1, 0.15) is 17.2 Å². The van der Waals surface area contributed by atoms with E-state index in [2.05, 4.69) is 10.3 Å². The molecule has 0 aliphatic rings. The zero-order chi connectivity index (χ0) is 21.3. The van der Waals surface area contributed by atoms with Crippen LogP contribution in [0.1, 0.15) is 15.2 Å². The zero-order valence-electron chi connectivity index (χ0n) is 17.1. The van der Waals surface area contributed by atoms with Gasteiger partial charge in [0.05, 0.1) is 11.1 Å². The quantitative estimate of drug-likeness (QED) is 0.478. The maximum absolute atomic E-state index is 12.7. The third-order valence-electron chi connectivity index (χ3n) is 4.82. The van der Waals surface area contributed by atoms with Crippen molar-refractivity contribution < 1.29 is 14.6 Å². The molecular weight excluding hydrogens is 398 g/mol. The fraction of sp³-hybridized carbons (Fsp3) is 0.217. The van der Waals surface area contributed by atoms with E-state index in [0.717, 1.165) is 32.5 Å². The van der Waals surface area contributed by atoms with E-state index in [4.69, 9.17) is 4.74 Å². The summed E-state index contributed by atoms with van der Waals surface area (Å²) in [5, 5.41) is 14.4. The van der Waals surface area contributed by atoms with Gasteiger partial charge in [0.25, 0.3) is 5.91 Å². The van der Waals surface area contributed by atoms with E-state index in [1.807, 2.05) is 44.1 Å². The van der Waals surface area contributed by atoms with Gasteiger partial charge in [-0.2, -0.15) is 0 Å². The van der Waals surface area contributed by atoms with Crippen molar-refractivity contribution in [2.75, 3.05) is 27.2 Å². The first-order chi connectivity index (χ1) is 14.4. The van der Waals surface area contributed by atoms with Crippen LogP contribution in [0.25, 0.3) is 21.0 Å². The second-order valence-electron chi connectivity index (χ2n) is 7.36. The lowest BCUT2D eigenvalue weighted by Gasteiger charge is -2.11. The number of aromatic hydroxyl groups is 1. The standard InChI is InChI=1S/C23H23N3O3S/c1-14-22(23(28)25-10-11-26(2)3)18-7-5-16(13-21(18)30-14)29-20-8-9-24-19-12-15(27)4-6-17(19)20/h4-9,12-13,27H,10-11H2,1-3H3,(H,25,28). The van der Waals surface area contributed by atoms with Gasteiger partial charge in [0.15, 0.2) is 0 Å². The normalized spacial score (nSPS) is 11.3. The molecule has 2 heterocycles. The molecule has 0 fully saturated rings. The largest absolute Gasteiger partial charge is 0.508 e. The SMILES string of the molecule is Cc1sc2cc(Oc3ccnc4cc(O)ccc34)ccc2c1C(=O)NCCN(C)C. The van der Waals surface area contributed by atoms with Crippen LogP contribution >= 0.6 is 11.3 Å². The molecule has 4 aromatic rings. The highest BCUT2D eigenvalue weighted by Gasteiger charge is 2.17. The van der Waals surface area contributed by atoms with Crippen LogP contribution in [-0.4, -0.2) is 48.1 Å². The molecule has 2 aromatic heterocycles. The Morgan fingerprint density at radius 3 is 2.77 bits per heavy atom. The fourth-order valence-electron chi connectivity index (χ4n) is 3.35. The summed E-state index contributed by atoms with van der Waals surface area (Å²) in [4.78, 5) is 20.0. The molecule has 6 nitrogen and oxygen atoms in total. The predicted octanol–water partition coefficient (Wildman–Crippen LogP) is 4.55. The van der Waals surface area contributed by atoms with Crippen LogP contribution < -0.4 is 10.1 Å². The van der Waals surface area contributed by atoms with Crippen molar-refractivity contribution in [2.45, 2.75) is 6.92 Å². The van der Waals surface area contributed by atoms with Gasteiger partial charge in [-0.25, -0.2) is 0 Å². The number of phenols is 1. The minimum absolute atomic E-state index is 0.0470. The number of aryl methyl sites for hydroxylation is 1. The molecule has 0 aliphatic heterocycles. The second-order valence-corrected chi connectivity index (χ2v) is 8.62. The lowest BCUT2D eigenvalue weighted by Crippen LogP contribution is -2.31. The Labute approximate surface area is 178 Å². The first kappa shape index (κ1) is 20.1. The van der Waals surface area contributed by atoms with Crippen molar-refractivity contribution in [2.24, 2.45) is 0 Å². The number of pyridine rings is 1. The van der Waals surface area contributed by atoms with E-state index in [1.54, 1.807) is 41.8 Å². The maximum Gasteiger partial charge on any atom is 0.253 e. The van der Waals surface area contributed by atoms with E-state index in [-0.39, 0.29) is 11.7 Å². The van der Waals surface area contributed by atoms with Crippen LogP contribution in [0.15, 0.2) is 48.7 Å². The minimum Gasteiger partial charge on any atom is -0.508 e. The summed E-state index contributed by atoms with van der Waals surface area (Å²) in [7, 11) is 3.96. The predicted molar refractivity (Wildman–Crippen MR) is 121 cm³/mol. The summed E-state index contributed by atoms with van der Waals surface area (Å²) >= 11 is 1.58. The molecule has 7 heteroatoms. The molecule has 2 aromatic carbocycles. The number of hydrogen-bond acceptors (Lipinski definition) is 6. The molecule has 0 bridgehead atoms. The van der Waals surface area contributed by atoms with Crippen LogP contribution in [0.5, 0.6) is 17.2 Å². The molecule has 0 aliphatic carbocycles. The smallest absolute Gasteiger partial charge is 0.253 e. The molecule has 0 unspecified atom stereocenters. The summed E-state index contributed by atoms with van der Waals surface area (Å²) in [6.45, 7) is 3.37. The van der Waals surface area contributed by atoms with Crippen LogP contribution in [0, 0.1) is 6.92 Å². The van der Waals surface area contributed by atoms with Gasteiger partial charge in [-0.05, 0) is 57.4 Å².